The summed E-state index contributed by atoms with van der Waals surface area (Å²) in [7, 11) is 3.41. The van der Waals surface area contributed by atoms with Crippen LogP contribution in [0.1, 0.15) is 43.1 Å². The Balaban J connectivity index is 1.24. The number of nitrogens with zero attached hydrogens (tertiary/aromatic N) is 2. The Morgan fingerprint density at radius 1 is 0.889 bits per heavy atom. The molecule has 6 rings (SSSR count). The Kier molecular flexibility index (Phi) is 8.62. The fourth-order valence-electron chi connectivity index (χ4n) is 5.70. The van der Waals surface area contributed by atoms with E-state index in [1.807, 2.05) is 96.2 Å². The van der Waals surface area contributed by atoms with Gasteiger partial charge in [-0.25, -0.2) is 0 Å². The highest BCUT2D eigenvalue weighted by molar-refractivity contribution is 6.32. The Bertz CT molecular complexity index is 1870. The maximum Gasteiger partial charge on any atom is 0.257 e. The molecule has 228 valence electrons. The number of hydrogen-bond donors (Lipinski definition) is 1. The molecule has 0 atom stereocenters. The molecule has 1 aliphatic rings. The number of rotatable bonds is 8. The standard InChI is InChI=1S/C37H34ClN3O4/c1-24-30(36(42)39-28-13-15-29(16-14-28)45-23-25-9-5-4-6-10-25)20-34(40(24)2)31-19-33(38)35(44-3)21-32(31)37(43)41-18-17-26-11-7-8-12-27(26)22-41/h4-16,19-21H,17-18,22-23H2,1-3H3,(H,39,42). The summed E-state index contributed by atoms with van der Waals surface area (Å²) in [6.07, 6.45) is 0.787. The molecular formula is C37H34ClN3O4. The van der Waals surface area contributed by atoms with E-state index in [9.17, 15) is 9.59 Å². The molecule has 0 spiro atoms. The first-order chi connectivity index (χ1) is 21.8. The first-order valence-corrected chi connectivity index (χ1v) is 15.2. The molecule has 0 unspecified atom stereocenters. The first kappa shape index (κ1) is 30.0. The van der Waals surface area contributed by atoms with Crippen LogP contribution in [0.25, 0.3) is 11.3 Å². The molecule has 1 N–H and O–H groups in total. The average molecular weight is 620 g/mol. The maximum atomic E-state index is 14.0. The van der Waals surface area contributed by atoms with Gasteiger partial charge in [-0.1, -0.05) is 66.2 Å². The van der Waals surface area contributed by atoms with E-state index in [1.165, 1.54) is 12.7 Å². The van der Waals surface area contributed by atoms with Crippen LogP contribution in [0.5, 0.6) is 11.5 Å². The van der Waals surface area contributed by atoms with Crippen LogP contribution in [0.15, 0.2) is 97.1 Å². The van der Waals surface area contributed by atoms with Crippen molar-refractivity contribution in [2.24, 2.45) is 7.05 Å². The van der Waals surface area contributed by atoms with Gasteiger partial charge in [0.15, 0.2) is 0 Å². The highest BCUT2D eigenvalue weighted by Gasteiger charge is 2.27. The van der Waals surface area contributed by atoms with Crippen LogP contribution in [-0.2, 0) is 26.6 Å². The SMILES string of the molecule is COc1cc(C(=O)N2CCc3ccccc3C2)c(-c2cc(C(=O)Nc3ccc(OCc4ccccc4)cc3)c(C)n2C)cc1Cl. The number of halogens is 1. The fourth-order valence-corrected chi connectivity index (χ4v) is 5.94. The van der Waals surface area contributed by atoms with Gasteiger partial charge >= 0.3 is 0 Å². The van der Waals surface area contributed by atoms with Crippen LogP contribution >= 0.6 is 11.6 Å². The van der Waals surface area contributed by atoms with E-state index in [0.717, 1.165) is 23.2 Å². The van der Waals surface area contributed by atoms with Crippen molar-refractivity contribution in [3.05, 3.63) is 136 Å². The molecule has 2 amide bonds. The predicted molar refractivity (Wildman–Crippen MR) is 177 cm³/mol. The summed E-state index contributed by atoms with van der Waals surface area (Å²) in [6, 6.07) is 30.7. The van der Waals surface area contributed by atoms with E-state index >= 15 is 0 Å². The summed E-state index contributed by atoms with van der Waals surface area (Å²) in [5.41, 5.74) is 7.18. The van der Waals surface area contributed by atoms with E-state index in [4.69, 9.17) is 21.1 Å². The fraction of sp³-hybridized carbons (Fsp3) is 0.189. The lowest BCUT2D eigenvalue weighted by Gasteiger charge is -2.29. The summed E-state index contributed by atoms with van der Waals surface area (Å²) >= 11 is 6.60. The number of nitrogens with one attached hydrogen (secondary N) is 1. The minimum absolute atomic E-state index is 0.117. The van der Waals surface area contributed by atoms with Crippen molar-refractivity contribution >= 4 is 29.1 Å². The smallest absolute Gasteiger partial charge is 0.257 e. The third-order valence-electron chi connectivity index (χ3n) is 8.36. The van der Waals surface area contributed by atoms with Crippen LogP contribution in [0.4, 0.5) is 5.69 Å². The van der Waals surface area contributed by atoms with Gasteiger partial charge in [0, 0.05) is 42.8 Å². The largest absolute Gasteiger partial charge is 0.495 e. The monoisotopic (exact) mass is 619 g/mol. The number of aromatic nitrogens is 1. The van der Waals surface area contributed by atoms with Crippen LogP contribution < -0.4 is 14.8 Å². The molecule has 4 aromatic carbocycles. The maximum absolute atomic E-state index is 14.0. The van der Waals surface area contributed by atoms with E-state index in [2.05, 4.69) is 17.4 Å². The minimum Gasteiger partial charge on any atom is -0.495 e. The average Bonchev–Trinajstić information content (AvgIpc) is 3.37. The van der Waals surface area contributed by atoms with Crippen molar-refractivity contribution in [2.75, 3.05) is 19.0 Å². The second-order valence-corrected chi connectivity index (χ2v) is 11.5. The van der Waals surface area contributed by atoms with Crippen LogP contribution in [0.2, 0.25) is 5.02 Å². The van der Waals surface area contributed by atoms with Gasteiger partial charge in [0.1, 0.15) is 18.1 Å². The summed E-state index contributed by atoms with van der Waals surface area (Å²) in [6.45, 7) is 3.47. The third-order valence-corrected chi connectivity index (χ3v) is 8.65. The lowest BCUT2D eigenvalue weighted by molar-refractivity contribution is 0.0735. The normalized spacial score (nSPS) is 12.4. The number of anilines is 1. The van der Waals surface area contributed by atoms with Gasteiger partial charge in [0.2, 0.25) is 0 Å². The Morgan fingerprint density at radius 3 is 2.33 bits per heavy atom. The zero-order valence-corrected chi connectivity index (χ0v) is 26.2. The Hall–Kier alpha value is -5.01. The van der Waals surface area contributed by atoms with Gasteiger partial charge in [-0.15, -0.1) is 0 Å². The lowest BCUT2D eigenvalue weighted by atomic mass is 9.97. The molecule has 0 bridgehead atoms. The molecule has 2 heterocycles. The molecule has 1 aromatic heterocycles. The molecule has 0 radical (unpaired) electrons. The predicted octanol–water partition coefficient (Wildman–Crippen LogP) is 7.69. The van der Waals surface area contributed by atoms with E-state index in [-0.39, 0.29) is 11.8 Å². The number of benzene rings is 4. The second-order valence-electron chi connectivity index (χ2n) is 11.1. The first-order valence-electron chi connectivity index (χ1n) is 14.8. The molecule has 45 heavy (non-hydrogen) atoms. The molecular weight excluding hydrogens is 586 g/mol. The van der Waals surface area contributed by atoms with E-state index in [1.54, 1.807) is 12.1 Å². The highest BCUT2D eigenvalue weighted by atomic mass is 35.5. The van der Waals surface area contributed by atoms with Crippen molar-refractivity contribution in [2.45, 2.75) is 26.5 Å². The van der Waals surface area contributed by atoms with Gasteiger partial charge < -0.3 is 24.3 Å². The van der Waals surface area contributed by atoms with Crippen molar-refractivity contribution < 1.29 is 19.1 Å². The zero-order chi connectivity index (χ0) is 31.5. The van der Waals surface area contributed by atoms with Crippen molar-refractivity contribution in [3.8, 4) is 22.8 Å². The molecule has 0 saturated heterocycles. The quantitative estimate of drug-likeness (QED) is 0.193. The summed E-state index contributed by atoms with van der Waals surface area (Å²) in [5.74, 6) is 0.753. The van der Waals surface area contributed by atoms with Gasteiger partial charge in [-0.2, -0.15) is 0 Å². The van der Waals surface area contributed by atoms with Gasteiger partial charge in [-0.3, -0.25) is 9.59 Å². The molecule has 0 aliphatic carbocycles. The number of carbonyl (C=O) groups excluding carboxylic acids is 2. The molecule has 5 aromatic rings. The summed E-state index contributed by atoms with van der Waals surface area (Å²) in [4.78, 5) is 29.4. The van der Waals surface area contributed by atoms with Crippen LogP contribution in [0, 0.1) is 6.92 Å². The number of hydrogen-bond acceptors (Lipinski definition) is 4. The van der Waals surface area contributed by atoms with Crippen molar-refractivity contribution in [3.63, 3.8) is 0 Å². The number of methoxy groups -OCH3 is 1. The molecule has 0 fully saturated rings. The zero-order valence-electron chi connectivity index (χ0n) is 25.5. The highest BCUT2D eigenvalue weighted by Crippen LogP contribution is 2.37. The Labute approximate surface area is 268 Å². The Morgan fingerprint density at radius 2 is 1.60 bits per heavy atom. The van der Waals surface area contributed by atoms with Crippen molar-refractivity contribution in [1.29, 1.82) is 0 Å². The van der Waals surface area contributed by atoms with Gasteiger partial charge in [-0.05, 0) is 72.5 Å². The van der Waals surface area contributed by atoms with Crippen LogP contribution in [0.3, 0.4) is 0 Å². The van der Waals surface area contributed by atoms with E-state index in [0.29, 0.717) is 64.3 Å². The third kappa shape index (κ3) is 6.30. The summed E-state index contributed by atoms with van der Waals surface area (Å²) in [5, 5.41) is 3.37. The lowest BCUT2D eigenvalue weighted by Crippen LogP contribution is -2.36. The van der Waals surface area contributed by atoms with Crippen molar-refractivity contribution in [1.82, 2.24) is 9.47 Å². The van der Waals surface area contributed by atoms with Crippen LogP contribution in [-0.4, -0.2) is 34.9 Å². The number of carbonyl (C=O) groups is 2. The molecule has 1 aliphatic heterocycles. The number of fused-ring (bicyclic) bond motifs is 1. The molecule has 0 saturated carbocycles. The van der Waals surface area contributed by atoms with Gasteiger partial charge in [0.25, 0.3) is 11.8 Å². The number of ether oxygens (including phenoxy) is 2. The van der Waals surface area contributed by atoms with Gasteiger partial charge in [0.05, 0.1) is 23.3 Å². The minimum atomic E-state index is -0.257. The molecule has 8 heteroatoms. The number of amides is 2. The summed E-state index contributed by atoms with van der Waals surface area (Å²) < 4.78 is 13.3. The second kappa shape index (κ2) is 12.9. The molecule has 7 nitrogen and oxygen atoms in total. The topological polar surface area (TPSA) is 72.8 Å². The van der Waals surface area contributed by atoms with E-state index < -0.39 is 0 Å².